The Morgan fingerprint density at radius 3 is 2.83 bits per heavy atom. The molecule has 0 spiro atoms. The molecule has 0 unspecified atom stereocenters. The van der Waals surface area contributed by atoms with Crippen LogP contribution in [0.5, 0.6) is 5.75 Å². The van der Waals surface area contributed by atoms with Crippen LogP contribution in [0, 0.1) is 11.7 Å². The molecule has 1 aromatic rings. The predicted molar refractivity (Wildman–Crippen MR) is 74.2 cm³/mol. The summed E-state index contributed by atoms with van der Waals surface area (Å²) in [5.41, 5.74) is 1.10. The first kappa shape index (κ1) is 15.3. The van der Waals surface area contributed by atoms with Crippen molar-refractivity contribution < 1.29 is 9.13 Å². The topological polar surface area (TPSA) is 21.3 Å². The second kappa shape index (κ2) is 6.95. The van der Waals surface area contributed by atoms with E-state index in [0.717, 1.165) is 25.1 Å². The van der Waals surface area contributed by atoms with Gasteiger partial charge < -0.3 is 10.1 Å². The zero-order valence-corrected chi connectivity index (χ0v) is 11.7. The minimum absolute atomic E-state index is 0. The van der Waals surface area contributed by atoms with Crippen LogP contribution in [-0.4, -0.2) is 19.7 Å². The maximum absolute atomic E-state index is 13.8. The highest BCUT2D eigenvalue weighted by Crippen LogP contribution is 2.32. The molecular weight excluding hydrogens is 253 g/mol. The molecular formula is C14H21ClFNO. The third kappa shape index (κ3) is 3.36. The minimum Gasteiger partial charge on any atom is -0.491 e. The van der Waals surface area contributed by atoms with Gasteiger partial charge >= 0.3 is 0 Å². The van der Waals surface area contributed by atoms with Crippen molar-refractivity contribution in [3.8, 4) is 5.75 Å². The molecule has 102 valence electrons. The fourth-order valence-electron chi connectivity index (χ4n) is 2.53. The number of ether oxygens (including phenoxy) is 1. The molecule has 2 nitrogen and oxygen atoms in total. The molecule has 0 amide bonds. The number of hydrogen-bond donors (Lipinski definition) is 1. The van der Waals surface area contributed by atoms with Crippen molar-refractivity contribution in [2.45, 2.75) is 26.2 Å². The van der Waals surface area contributed by atoms with Gasteiger partial charge in [-0.15, -0.1) is 12.4 Å². The molecule has 2 rings (SSSR count). The predicted octanol–water partition coefficient (Wildman–Crippen LogP) is 3.36. The van der Waals surface area contributed by atoms with E-state index in [1.165, 1.54) is 0 Å². The van der Waals surface area contributed by atoms with Crippen LogP contribution in [-0.2, 0) is 0 Å². The first-order valence-corrected chi connectivity index (χ1v) is 6.35. The van der Waals surface area contributed by atoms with Crippen molar-refractivity contribution in [3.05, 3.63) is 29.6 Å². The molecule has 1 heterocycles. The Morgan fingerprint density at radius 2 is 2.22 bits per heavy atom. The van der Waals surface area contributed by atoms with Crippen molar-refractivity contribution in [1.82, 2.24) is 5.32 Å². The Balaban J connectivity index is 0.00000162. The van der Waals surface area contributed by atoms with E-state index in [1.807, 2.05) is 13.0 Å². The van der Waals surface area contributed by atoms with Gasteiger partial charge in [0.1, 0.15) is 0 Å². The van der Waals surface area contributed by atoms with Crippen LogP contribution in [0.1, 0.15) is 31.7 Å². The van der Waals surface area contributed by atoms with E-state index in [9.17, 15) is 4.39 Å². The zero-order chi connectivity index (χ0) is 12.3. The number of rotatable bonds is 3. The van der Waals surface area contributed by atoms with Crippen LogP contribution in [0.4, 0.5) is 4.39 Å². The van der Waals surface area contributed by atoms with Crippen LogP contribution in [0.15, 0.2) is 18.2 Å². The molecule has 0 aliphatic carbocycles. The lowest BCUT2D eigenvalue weighted by atomic mass is 9.82. The molecule has 2 atom stereocenters. The Bertz CT molecular complexity index is 386. The van der Waals surface area contributed by atoms with E-state index < -0.39 is 0 Å². The maximum atomic E-state index is 13.8. The fourth-order valence-corrected chi connectivity index (χ4v) is 2.53. The first-order valence-electron chi connectivity index (χ1n) is 6.35. The normalized spacial score (nSPS) is 23.3. The summed E-state index contributed by atoms with van der Waals surface area (Å²) >= 11 is 0. The smallest absolute Gasteiger partial charge is 0.165 e. The second-order valence-corrected chi connectivity index (χ2v) is 4.70. The van der Waals surface area contributed by atoms with Gasteiger partial charge in [0, 0.05) is 0 Å². The van der Waals surface area contributed by atoms with Gasteiger partial charge in [-0.2, -0.15) is 0 Å². The Morgan fingerprint density at radius 1 is 1.44 bits per heavy atom. The SMILES string of the molecule is CCOc1ccc([C@@H]2CCNC[C@@H]2C)cc1F.Cl. The van der Waals surface area contributed by atoms with Gasteiger partial charge in [-0.05, 0) is 56.0 Å². The molecule has 0 radical (unpaired) electrons. The molecule has 1 aliphatic heterocycles. The average molecular weight is 274 g/mol. The van der Waals surface area contributed by atoms with Gasteiger partial charge in [0.05, 0.1) is 6.61 Å². The molecule has 1 saturated heterocycles. The summed E-state index contributed by atoms with van der Waals surface area (Å²) in [6.07, 6.45) is 1.08. The molecule has 0 bridgehead atoms. The van der Waals surface area contributed by atoms with E-state index in [-0.39, 0.29) is 18.2 Å². The quantitative estimate of drug-likeness (QED) is 0.912. The lowest BCUT2D eigenvalue weighted by Gasteiger charge is -2.30. The standard InChI is InChI=1S/C14H20FNO.ClH/c1-3-17-14-5-4-11(8-13(14)15)12-6-7-16-9-10(12)2;/h4-5,8,10,12,16H,3,6-7,9H2,1-2H3;1H/t10-,12+;/m0./s1. The lowest BCUT2D eigenvalue weighted by molar-refractivity contribution is 0.319. The number of nitrogens with one attached hydrogen (secondary N) is 1. The Hall–Kier alpha value is -0.800. The lowest BCUT2D eigenvalue weighted by Crippen LogP contribution is -2.33. The summed E-state index contributed by atoms with van der Waals surface area (Å²) in [5.74, 6) is 1.13. The monoisotopic (exact) mass is 273 g/mol. The van der Waals surface area contributed by atoms with Gasteiger partial charge in [0.25, 0.3) is 0 Å². The highest BCUT2D eigenvalue weighted by molar-refractivity contribution is 5.85. The number of benzene rings is 1. The van der Waals surface area contributed by atoms with Gasteiger partial charge in [0.15, 0.2) is 11.6 Å². The summed E-state index contributed by atoms with van der Waals surface area (Å²) in [5, 5.41) is 3.36. The third-order valence-corrected chi connectivity index (χ3v) is 3.47. The zero-order valence-electron chi connectivity index (χ0n) is 10.9. The van der Waals surface area contributed by atoms with Gasteiger partial charge in [0.2, 0.25) is 0 Å². The van der Waals surface area contributed by atoms with Gasteiger partial charge in [-0.25, -0.2) is 4.39 Å². The molecule has 1 fully saturated rings. The van der Waals surface area contributed by atoms with Crippen LogP contribution in [0.25, 0.3) is 0 Å². The summed E-state index contributed by atoms with van der Waals surface area (Å²) in [7, 11) is 0. The summed E-state index contributed by atoms with van der Waals surface area (Å²) in [4.78, 5) is 0. The van der Waals surface area contributed by atoms with E-state index in [0.29, 0.717) is 24.2 Å². The second-order valence-electron chi connectivity index (χ2n) is 4.70. The van der Waals surface area contributed by atoms with Crippen molar-refractivity contribution in [1.29, 1.82) is 0 Å². The number of piperidine rings is 1. The average Bonchev–Trinajstić information content (AvgIpc) is 2.33. The molecule has 1 aromatic carbocycles. The van der Waals surface area contributed by atoms with E-state index in [4.69, 9.17) is 4.74 Å². The van der Waals surface area contributed by atoms with Crippen LogP contribution in [0.2, 0.25) is 0 Å². The van der Waals surface area contributed by atoms with Crippen molar-refractivity contribution in [2.75, 3.05) is 19.7 Å². The molecule has 0 aromatic heterocycles. The van der Waals surface area contributed by atoms with Crippen LogP contribution >= 0.6 is 12.4 Å². The van der Waals surface area contributed by atoms with Crippen LogP contribution < -0.4 is 10.1 Å². The van der Waals surface area contributed by atoms with E-state index in [2.05, 4.69) is 12.2 Å². The van der Waals surface area contributed by atoms with Gasteiger partial charge in [-0.1, -0.05) is 13.0 Å². The molecule has 18 heavy (non-hydrogen) atoms. The molecule has 1 N–H and O–H groups in total. The first-order chi connectivity index (χ1) is 8.22. The molecule has 0 saturated carbocycles. The Labute approximate surface area is 114 Å². The van der Waals surface area contributed by atoms with Crippen molar-refractivity contribution >= 4 is 12.4 Å². The largest absolute Gasteiger partial charge is 0.491 e. The summed E-state index contributed by atoms with van der Waals surface area (Å²) < 4.78 is 19.0. The molecule has 1 aliphatic rings. The summed E-state index contributed by atoms with van der Waals surface area (Å²) in [6.45, 7) is 6.61. The third-order valence-electron chi connectivity index (χ3n) is 3.47. The van der Waals surface area contributed by atoms with Gasteiger partial charge in [-0.3, -0.25) is 0 Å². The molecule has 4 heteroatoms. The summed E-state index contributed by atoms with van der Waals surface area (Å²) in [6, 6.07) is 5.39. The van der Waals surface area contributed by atoms with E-state index >= 15 is 0 Å². The van der Waals surface area contributed by atoms with Crippen molar-refractivity contribution in [3.63, 3.8) is 0 Å². The Kier molecular flexibility index (Phi) is 5.89. The highest BCUT2D eigenvalue weighted by Gasteiger charge is 2.23. The number of hydrogen-bond acceptors (Lipinski definition) is 2. The highest BCUT2D eigenvalue weighted by atomic mass is 35.5. The van der Waals surface area contributed by atoms with Crippen LogP contribution in [0.3, 0.4) is 0 Å². The van der Waals surface area contributed by atoms with E-state index in [1.54, 1.807) is 12.1 Å². The fraction of sp³-hybridized carbons (Fsp3) is 0.571. The van der Waals surface area contributed by atoms with Crippen molar-refractivity contribution in [2.24, 2.45) is 5.92 Å². The minimum atomic E-state index is -0.241. The number of halogens is 2. The maximum Gasteiger partial charge on any atom is 0.165 e.